The summed E-state index contributed by atoms with van der Waals surface area (Å²) in [5, 5.41) is 3.00. The lowest BCUT2D eigenvalue weighted by molar-refractivity contribution is -0.138. The zero-order valence-electron chi connectivity index (χ0n) is 11.1. The smallest absolute Gasteiger partial charge is 0.383 e. The van der Waals surface area contributed by atoms with Crippen molar-refractivity contribution in [3.63, 3.8) is 0 Å². The van der Waals surface area contributed by atoms with Crippen LogP contribution < -0.4 is 5.73 Å². The second kappa shape index (κ2) is 5.77. The third-order valence-electron chi connectivity index (χ3n) is 3.01. The Bertz CT molecular complexity index is 814. The van der Waals surface area contributed by atoms with Gasteiger partial charge in [-0.3, -0.25) is 0 Å². The van der Waals surface area contributed by atoms with E-state index in [4.69, 9.17) is 5.73 Å². The average molecular weight is 341 g/mol. The molecule has 0 aliphatic rings. The number of hydrogen-bond acceptors (Lipinski definition) is 5. The van der Waals surface area contributed by atoms with E-state index in [1.54, 1.807) is 6.07 Å². The van der Waals surface area contributed by atoms with Crippen LogP contribution in [-0.4, -0.2) is 9.97 Å². The van der Waals surface area contributed by atoms with Crippen LogP contribution in [0.4, 0.5) is 19.0 Å². The normalized spacial score (nSPS) is 12.0. The lowest BCUT2D eigenvalue weighted by Crippen LogP contribution is -2.08. The standard InChI is InChI=1S/C14H10F3N3S2/c15-14(16,17)10-4-2-1-3-8(10)7-22-13-19-11(18)9-5-6-21-12(9)20-13/h1-6H,7H2,(H2,18,19,20). The second-order valence-electron chi connectivity index (χ2n) is 4.47. The molecule has 3 nitrogen and oxygen atoms in total. The van der Waals surface area contributed by atoms with Gasteiger partial charge in [0.05, 0.1) is 10.9 Å². The van der Waals surface area contributed by atoms with E-state index in [0.717, 1.165) is 28.0 Å². The summed E-state index contributed by atoms with van der Waals surface area (Å²) in [5.74, 6) is 0.476. The van der Waals surface area contributed by atoms with Crippen LogP contribution >= 0.6 is 23.1 Å². The van der Waals surface area contributed by atoms with Crippen LogP contribution in [0.15, 0.2) is 40.9 Å². The van der Waals surface area contributed by atoms with Crippen molar-refractivity contribution in [1.29, 1.82) is 0 Å². The minimum atomic E-state index is -4.37. The quantitative estimate of drug-likeness (QED) is 0.559. The molecule has 0 radical (unpaired) electrons. The first-order chi connectivity index (χ1) is 10.4. The van der Waals surface area contributed by atoms with Gasteiger partial charge in [0.15, 0.2) is 5.16 Å². The van der Waals surface area contributed by atoms with E-state index in [2.05, 4.69) is 9.97 Å². The highest BCUT2D eigenvalue weighted by Crippen LogP contribution is 2.35. The molecule has 0 aliphatic heterocycles. The summed E-state index contributed by atoms with van der Waals surface area (Å²) in [6, 6.07) is 7.32. The molecule has 0 atom stereocenters. The summed E-state index contributed by atoms with van der Waals surface area (Å²) in [5.41, 5.74) is 5.40. The van der Waals surface area contributed by atoms with Crippen LogP contribution in [0.5, 0.6) is 0 Å². The Kier molecular flexibility index (Phi) is 3.96. The number of alkyl halides is 3. The van der Waals surface area contributed by atoms with Crippen molar-refractivity contribution in [2.24, 2.45) is 0 Å². The summed E-state index contributed by atoms with van der Waals surface area (Å²) in [4.78, 5) is 9.18. The highest BCUT2D eigenvalue weighted by atomic mass is 32.2. The largest absolute Gasteiger partial charge is 0.416 e. The summed E-state index contributed by atoms with van der Waals surface area (Å²) in [7, 11) is 0. The predicted molar refractivity (Wildman–Crippen MR) is 82.8 cm³/mol. The fourth-order valence-corrected chi connectivity index (χ4v) is 3.67. The fourth-order valence-electron chi connectivity index (χ4n) is 1.99. The first-order valence-electron chi connectivity index (χ1n) is 6.24. The van der Waals surface area contributed by atoms with Crippen molar-refractivity contribution < 1.29 is 13.2 Å². The second-order valence-corrected chi connectivity index (χ2v) is 6.31. The number of nitrogens with zero attached hydrogens (tertiary/aromatic N) is 2. The number of fused-ring (bicyclic) bond motifs is 1. The molecule has 0 fully saturated rings. The summed E-state index contributed by atoms with van der Waals surface area (Å²) < 4.78 is 38.8. The molecule has 0 bridgehead atoms. The van der Waals surface area contributed by atoms with Gasteiger partial charge < -0.3 is 5.73 Å². The van der Waals surface area contributed by atoms with E-state index in [0.29, 0.717) is 11.0 Å². The van der Waals surface area contributed by atoms with E-state index in [9.17, 15) is 13.2 Å². The molecule has 2 heterocycles. The van der Waals surface area contributed by atoms with Crippen LogP contribution in [0, 0.1) is 0 Å². The van der Waals surface area contributed by atoms with Gasteiger partial charge in [0.1, 0.15) is 10.6 Å². The minimum absolute atomic E-state index is 0.131. The number of nitrogens with two attached hydrogens (primary N) is 1. The highest BCUT2D eigenvalue weighted by molar-refractivity contribution is 7.98. The maximum Gasteiger partial charge on any atom is 0.416 e. The van der Waals surface area contributed by atoms with Gasteiger partial charge in [0.25, 0.3) is 0 Å². The molecule has 0 spiro atoms. The van der Waals surface area contributed by atoms with E-state index < -0.39 is 11.7 Å². The van der Waals surface area contributed by atoms with Crippen molar-refractivity contribution in [1.82, 2.24) is 9.97 Å². The van der Waals surface area contributed by atoms with Gasteiger partial charge in [-0.15, -0.1) is 11.3 Å². The Labute approximate surface area is 132 Å². The van der Waals surface area contributed by atoms with Gasteiger partial charge in [0, 0.05) is 5.75 Å². The molecule has 0 saturated carbocycles. The van der Waals surface area contributed by atoms with Crippen molar-refractivity contribution >= 4 is 39.1 Å². The first-order valence-corrected chi connectivity index (χ1v) is 8.10. The summed E-state index contributed by atoms with van der Waals surface area (Å²) in [6.07, 6.45) is -4.37. The topological polar surface area (TPSA) is 51.8 Å². The van der Waals surface area contributed by atoms with E-state index >= 15 is 0 Å². The lowest BCUT2D eigenvalue weighted by atomic mass is 10.1. The molecule has 2 aromatic heterocycles. The zero-order chi connectivity index (χ0) is 15.7. The van der Waals surface area contributed by atoms with Gasteiger partial charge in [-0.2, -0.15) is 13.2 Å². The third-order valence-corrected chi connectivity index (χ3v) is 4.72. The highest BCUT2D eigenvalue weighted by Gasteiger charge is 2.32. The van der Waals surface area contributed by atoms with Crippen molar-refractivity contribution in [2.45, 2.75) is 17.1 Å². The number of thiophene rings is 1. The number of thioether (sulfide) groups is 1. The van der Waals surface area contributed by atoms with Gasteiger partial charge in [-0.05, 0) is 23.1 Å². The first kappa shape index (κ1) is 15.1. The SMILES string of the molecule is Nc1nc(SCc2ccccc2C(F)(F)F)nc2sccc12. The predicted octanol–water partition coefficient (Wildman–Crippen LogP) is 4.58. The Morgan fingerprint density at radius 3 is 2.68 bits per heavy atom. The molecule has 0 amide bonds. The van der Waals surface area contributed by atoms with Crippen molar-refractivity contribution in [2.75, 3.05) is 5.73 Å². The number of aromatic nitrogens is 2. The monoisotopic (exact) mass is 341 g/mol. The molecule has 0 aliphatic carbocycles. The Morgan fingerprint density at radius 2 is 1.91 bits per heavy atom. The molecular formula is C14H10F3N3S2. The Morgan fingerprint density at radius 1 is 1.14 bits per heavy atom. The number of hydrogen-bond donors (Lipinski definition) is 1. The zero-order valence-corrected chi connectivity index (χ0v) is 12.7. The minimum Gasteiger partial charge on any atom is -0.383 e. The maximum absolute atomic E-state index is 12.9. The number of benzene rings is 1. The number of anilines is 1. The van der Waals surface area contributed by atoms with Gasteiger partial charge >= 0.3 is 6.18 Å². The Hall–Kier alpha value is -1.80. The fraction of sp³-hybridized carbons (Fsp3) is 0.143. The van der Waals surface area contributed by atoms with Crippen LogP contribution in [0.2, 0.25) is 0 Å². The number of nitrogen functional groups attached to an aromatic ring is 1. The average Bonchev–Trinajstić information content (AvgIpc) is 2.93. The van der Waals surface area contributed by atoms with Gasteiger partial charge in [-0.1, -0.05) is 30.0 Å². The molecule has 8 heteroatoms. The molecule has 0 saturated heterocycles. The molecular weight excluding hydrogens is 331 g/mol. The van der Waals surface area contributed by atoms with E-state index in [1.165, 1.54) is 23.5 Å². The molecule has 2 N–H and O–H groups in total. The molecule has 3 aromatic rings. The summed E-state index contributed by atoms with van der Waals surface area (Å²) >= 11 is 2.56. The molecule has 22 heavy (non-hydrogen) atoms. The molecule has 3 rings (SSSR count). The maximum atomic E-state index is 12.9. The van der Waals surface area contributed by atoms with Gasteiger partial charge in [-0.25, -0.2) is 9.97 Å². The van der Waals surface area contributed by atoms with Crippen LogP contribution in [0.3, 0.4) is 0 Å². The molecule has 0 unspecified atom stereocenters. The molecule has 114 valence electrons. The molecule has 1 aromatic carbocycles. The summed E-state index contributed by atoms with van der Waals surface area (Å²) in [6.45, 7) is 0. The third kappa shape index (κ3) is 3.02. The van der Waals surface area contributed by atoms with E-state index in [-0.39, 0.29) is 11.3 Å². The van der Waals surface area contributed by atoms with Crippen LogP contribution in [0.1, 0.15) is 11.1 Å². The Balaban J connectivity index is 1.85. The number of halogens is 3. The van der Waals surface area contributed by atoms with Crippen molar-refractivity contribution in [3.05, 3.63) is 46.8 Å². The lowest BCUT2D eigenvalue weighted by Gasteiger charge is -2.12. The van der Waals surface area contributed by atoms with Crippen LogP contribution in [-0.2, 0) is 11.9 Å². The van der Waals surface area contributed by atoms with E-state index in [1.807, 2.05) is 11.4 Å². The van der Waals surface area contributed by atoms with Crippen LogP contribution in [0.25, 0.3) is 10.2 Å². The number of rotatable bonds is 3. The van der Waals surface area contributed by atoms with Gasteiger partial charge in [0.2, 0.25) is 0 Å². The van der Waals surface area contributed by atoms with Crippen molar-refractivity contribution in [3.8, 4) is 0 Å².